The maximum atomic E-state index is 6.57. The molecule has 2 unspecified atom stereocenters. The molecule has 0 radical (unpaired) electrons. The van der Waals surface area contributed by atoms with Crippen molar-refractivity contribution in [2.45, 2.75) is 26.1 Å². The first-order valence-electron chi connectivity index (χ1n) is 11.3. The van der Waals surface area contributed by atoms with Crippen LogP contribution >= 0.6 is 0 Å². The third kappa shape index (κ3) is 3.98. The largest absolute Gasteiger partial charge is 0.497 e. The summed E-state index contributed by atoms with van der Waals surface area (Å²) in [7, 11) is 1.67. The van der Waals surface area contributed by atoms with Crippen LogP contribution in [0, 0.1) is 0 Å². The first-order valence-corrected chi connectivity index (χ1v) is 11.3. The van der Waals surface area contributed by atoms with Gasteiger partial charge in [-0.3, -0.25) is 0 Å². The normalized spacial score (nSPS) is 18.9. The fraction of sp³-hybridized carbons (Fsp3) is 0.259. The highest BCUT2D eigenvalue weighted by Crippen LogP contribution is 2.49. The molecule has 2 aliphatic rings. The second-order valence-corrected chi connectivity index (χ2v) is 7.85. The zero-order valence-electron chi connectivity index (χ0n) is 19.1. The van der Waals surface area contributed by atoms with Crippen molar-refractivity contribution in [2.24, 2.45) is 0 Å². The van der Waals surface area contributed by atoms with Crippen molar-refractivity contribution in [3.05, 3.63) is 89.5 Å². The van der Waals surface area contributed by atoms with Crippen molar-refractivity contribution < 1.29 is 18.9 Å². The lowest BCUT2D eigenvalue weighted by Crippen LogP contribution is -2.43. The lowest BCUT2D eigenvalue weighted by molar-refractivity contribution is -0.0346. The maximum absolute atomic E-state index is 6.57. The van der Waals surface area contributed by atoms with Crippen LogP contribution in [-0.4, -0.2) is 25.3 Å². The number of hydrazine groups is 1. The van der Waals surface area contributed by atoms with Crippen molar-refractivity contribution >= 4 is 5.70 Å². The summed E-state index contributed by atoms with van der Waals surface area (Å²) in [5, 5.41) is 2.14. The number of fused-ring (bicyclic) bond motifs is 3. The van der Waals surface area contributed by atoms with Crippen LogP contribution in [0.3, 0.4) is 0 Å². The highest BCUT2D eigenvalue weighted by atomic mass is 16.5. The van der Waals surface area contributed by atoms with E-state index in [1.54, 1.807) is 7.11 Å². The first kappa shape index (κ1) is 21.2. The summed E-state index contributed by atoms with van der Waals surface area (Å²) >= 11 is 0. The Morgan fingerprint density at radius 1 is 0.879 bits per heavy atom. The van der Waals surface area contributed by atoms with E-state index in [4.69, 9.17) is 18.9 Å². The summed E-state index contributed by atoms with van der Waals surface area (Å²) in [5.41, 5.74) is 7.79. The van der Waals surface area contributed by atoms with E-state index in [1.165, 1.54) is 0 Å². The fourth-order valence-electron chi connectivity index (χ4n) is 4.31. The average Bonchev–Trinajstić information content (AvgIpc) is 3.31. The number of hydrogen-bond donors (Lipinski definition) is 1. The van der Waals surface area contributed by atoms with Gasteiger partial charge in [0.15, 0.2) is 17.7 Å². The van der Waals surface area contributed by atoms with Crippen LogP contribution in [0.15, 0.2) is 72.8 Å². The Morgan fingerprint density at radius 3 is 2.30 bits per heavy atom. The third-order valence-electron chi connectivity index (χ3n) is 5.86. The molecule has 5 rings (SSSR count). The Balaban J connectivity index is 1.54. The molecule has 3 aromatic rings. The molecule has 0 aromatic heterocycles. The Hall–Kier alpha value is -3.64. The Morgan fingerprint density at radius 2 is 1.61 bits per heavy atom. The lowest BCUT2D eigenvalue weighted by Gasteiger charge is -2.39. The van der Waals surface area contributed by atoms with E-state index in [0.29, 0.717) is 13.2 Å². The average molecular weight is 445 g/mol. The van der Waals surface area contributed by atoms with Crippen LogP contribution in [0.25, 0.3) is 5.70 Å². The van der Waals surface area contributed by atoms with Gasteiger partial charge in [0, 0.05) is 11.1 Å². The van der Waals surface area contributed by atoms with Crippen molar-refractivity contribution in [3.63, 3.8) is 0 Å². The van der Waals surface area contributed by atoms with Crippen LogP contribution in [0.2, 0.25) is 0 Å². The number of benzene rings is 3. The van der Waals surface area contributed by atoms with E-state index in [0.717, 1.165) is 45.4 Å². The molecule has 0 bridgehead atoms. The van der Waals surface area contributed by atoms with E-state index < -0.39 is 0 Å². The number of methoxy groups -OCH3 is 1. The number of hydrogen-bond acceptors (Lipinski definition) is 6. The van der Waals surface area contributed by atoms with E-state index in [9.17, 15) is 0 Å². The molecule has 2 heterocycles. The predicted molar refractivity (Wildman–Crippen MR) is 127 cm³/mol. The van der Waals surface area contributed by atoms with Crippen LogP contribution in [0.1, 0.15) is 42.8 Å². The smallest absolute Gasteiger partial charge is 0.196 e. The molecule has 2 aliphatic heterocycles. The van der Waals surface area contributed by atoms with Gasteiger partial charge in [-0.15, -0.1) is 0 Å². The van der Waals surface area contributed by atoms with E-state index in [2.05, 4.69) is 34.7 Å². The third-order valence-corrected chi connectivity index (χ3v) is 5.86. The van der Waals surface area contributed by atoms with Crippen molar-refractivity contribution in [1.29, 1.82) is 0 Å². The van der Waals surface area contributed by atoms with E-state index >= 15 is 0 Å². The maximum Gasteiger partial charge on any atom is 0.196 e. The fourth-order valence-corrected chi connectivity index (χ4v) is 4.31. The van der Waals surface area contributed by atoms with Crippen LogP contribution in [0.4, 0.5) is 0 Å². The second-order valence-electron chi connectivity index (χ2n) is 7.85. The van der Waals surface area contributed by atoms with Gasteiger partial charge in [-0.2, -0.15) is 5.01 Å². The summed E-state index contributed by atoms with van der Waals surface area (Å²) < 4.78 is 23.4. The van der Waals surface area contributed by atoms with Gasteiger partial charge in [-0.25, -0.2) is 0 Å². The monoisotopic (exact) mass is 444 g/mol. The Bertz CT molecular complexity index is 1140. The molecular formula is C27H28N2O4. The summed E-state index contributed by atoms with van der Waals surface area (Å²) in [6, 6.07) is 22.2. The zero-order valence-corrected chi connectivity index (χ0v) is 19.1. The van der Waals surface area contributed by atoms with Gasteiger partial charge in [0.05, 0.1) is 32.1 Å². The lowest BCUT2D eigenvalue weighted by atomic mass is 10.00. The molecule has 1 N–H and O–H groups in total. The molecule has 0 amide bonds. The van der Waals surface area contributed by atoms with Gasteiger partial charge in [-0.1, -0.05) is 24.3 Å². The predicted octanol–water partition coefficient (Wildman–Crippen LogP) is 5.49. The SMILES string of the molecule is CCOc1ccc(C2=CC3c4cccc(OCC)c4OC(c4ccc(OC)cc4)N3N2)cc1. The number of para-hydroxylation sites is 1. The second kappa shape index (κ2) is 9.08. The van der Waals surface area contributed by atoms with Crippen molar-refractivity contribution in [2.75, 3.05) is 20.3 Å². The van der Waals surface area contributed by atoms with E-state index in [-0.39, 0.29) is 12.3 Å². The first-order chi connectivity index (χ1) is 16.2. The quantitative estimate of drug-likeness (QED) is 0.520. The number of rotatable bonds is 7. The minimum atomic E-state index is -0.341. The van der Waals surface area contributed by atoms with Gasteiger partial charge < -0.3 is 24.4 Å². The molecule has 0 fully saturated rings. The van der Waals surface area contributed by atoms with Crippen LogP contribution in [0.5, 0.6) is 23.0 Å². The molecule has 2 atom stereocenters. The minimum absolute atomic E-state index is 0.0113. The van der Waals surface area contributed by atoms with Gasteiger partial charge in [0.25, 0.3) is 0 Å². The standard InChI is InChI=1S/C27H28N2O4/c1-4-31-21-15-9-18(10-16-21)23-17-24-22-7-6-8-25(32-5-2)26(22)33-27(29(24)28-23)19-11-13-20(30-3)14-12-19/h6-17,24,27-28H,4-5H2,1-3H3. The topological polar surface area (TPSA) is 52.2 Å². The molecule has 0 spiro atoms. The Kier molecular flexibility index (Phi) is 5.84. The summed E-state index contributed by atoms with van der Waals surface area (Å²) in [4.78, 5) is 0. The van der Waals surface area contributed by atoms with Gasteiger partial charge in [0.2, 0.25) is 0 Å². The number of ether oxygens (including phenoxy) is 4. The molecule has 3 aromatic carbocycles. The highest BCUT2D eigenvalue weighted by molar-refractivity contribution is 5.68. The molecule has 0 aliphatic carbocycles. The number of nitrogens with zero attached hydrogens (tertiary/aromatic N) is 1. The van der Waals surface area contributed by atoms with Gasteiger partial charge >= 0.3 is 0 Å². The highest BCUT2D eigenvalue weighted by Gasteiger charge is 2.41. The zero-order chi connectivity index (χ0) is 22.8. The molecule has 33 heavy (non-hydrogen) atoms. The van der Waals surface area contributed by atoms with Gasteiger partial charge in [-0.05, 0) is 68.0 Å². The van der Waals surface area contributed by atoms with Crippen LogP contribution < -0.4 is 24.4 Å². The van der Waals surface area contributed by atoms with E-state index in [1.807, 2.05) is 62.4 Å². The Labute approximate surface area is 194 Å². The minimum Gasteiger partial charge on any atom is -0.497 e. The molecular weight excluding hydrogens is 416 g/mol. The van der Waals surface area contributed by atoms with Crippen molar-refractivity contribution in [1.82, 2.24) is 10.4 Å². The molecule has 6 nitrogen and oxygen atoms in total. The summed E-state index contributed by atoms with van der Waals surface area (Å²) in [6.45, 7) is 5.19. The van der Waals surface area contributed by atoms with Gasteiger partial charge in [0.1, 0.15) is 11.5 Å². The summed E-state index contributed by atoms with van der Waals surface area (Å²) in [6.07, 6.45) is 1.90. The molecule has 170 valence electrons. The van der Waals surface area contributed by atoms with Crippen LogP contribution in [-0.2, 0) is 0 Å². The molecule has 6 heteroatoms. The molecule has 0 saturated carbocycles. The van der Waals surface area contributed by atoms with Crippen molar-refractivity contribution in [3.8, 4) is 23.0 Å². The molecule has 0 saturated heterocycles. The number of nitrogens with one attached hydrogen (secondary N) is 1. The summed E-state index contributed by atoms with van der Waals surface area (Å²) in [5.74, 6) is 3.22.